The maximum atomic E-state index is 12.0. The Morgan fingerprint density at radius 3 is 1.52 bits per heavy atom. The predicted octanol–water partition coefficient (Wildman–Crippen LogP) is 3.83. The molecule has 0 bridgehead atoms. The molecule has 0 spiro atoms. The number of carbonyl (C=O) groups is 2. The van der Waals surface area contributed by atoms with Crippen LogP contribution in [0.3, 0.4) is 0 Å². The highest BCUT2D eigenvalue weighted by atomic mass is 16.5. The summed E-state index contributed by atoms with van der Waals surface area (Å²) in [6, 6.07) is 20.5. The van der Waals surface area contributed by atoms with E-state index in [1.165, 1.54) is 36.4 Å². The number of hydrogen-bond donors (Lipinski definition) is 1. The number of esters is 2. The zero-order valence-electron chi connectivity index (χ0n) is 13.1. The lowest BCUT2D eigenvalue weighted by atomic mass is 10.2. The Morgan fingerprint density at radius 2 is 1.04 bits per heavy atom. The van der Waals surface area contributed by atoms with Crippen molar-refractivity contribution >= 4 is 11.9 Å². The molecule has 1 N–H and O–H groups in total. The smallest absolute Gasteiger partial charge is 0.343 e. The fourth-order valence-electron chi connectivity index (χ4n) is 2.08. The molecule has 5 nitrogen and oxygen atoms in total. The van der Waals surface area contributed by atoms with Crippen molar-refractivity contribution in [2.45, 2.75) is 0 Å². The number of hydrogen-bond acceptors (Lipinski definition) is 5. The Balaban J connectivity index is 1.63. The van der Waals surface area contributed by atoms with Crippen molar-refractivity contribution in [3.63, 3.8) is 0 Å². The molecule has 124 valence electrons. The van der Waals surface area contributed by atoms with Gasteiger partial charge in [-0.05, 0) is 60.7 Å². The number of rotatable bonds is 4. The van der Waals surface area contributed by atoms with E-state index in [4.69, 9.17) is 9.47 Å². The Morgan fingerprint density at radius 1 is 0.600 bits per heavy atom. The lowest BCUT2D eigenvalue weighted by Gasteiger charge is -2.07. The summed E-state index contributed by atoms with van der Waals surface area (Å²) in [5, 5.41) is 9.22. The summed E-state index contributed by atoms with van der Waals surface area (Å²) >= 11 is 0. The van der Waals surface area contributed by atoms with Gasteiger partial charge in [-0.1, -0.05) is 18.2 Å². The molecule has 0 saturated heterocycles. The molecule has 0 radical (unpaired) electrons. The first kappa shape index (κ1) is 16.3. The van der Waals surface area contributed by atoms with Gasteiger partial charge in [-0.25, -0.2) is 9.59 Å². The highest BCUT2D eigenvalue weighted by Gasteiger charge is 2.10. The van der Waals surface area contributed by atoms with Crippen molar-refractivity contribution in [2.24, 2.45) is 0 Å². The van der Waals surface area contributed by atoms with Crippen LogP contribution < -0.4 is 9.47 Å². The molecule has 3 aromatic carbocycles. The first-order valence-corrected chi connectivity index (χ1v) is 7.50. The molecule has 0 atom stereocenters. The average Bonchev–Trinajstić information content (AvgIpc) is 2.64. The van der Waals surface area contributed by atoms with Crippen molar-refractivity contribution < 1.29 is 24.2 Å². The van der Waals surface area contributed by atoms with E-state index in [1.807, 2.05) is 6.07 Å². The third-order valence-electron chi connectivity index (χ3n) is 3.36. The van der Waals surface area contributed by atoms with Gasteiger partial charge in [0.25, 0.3) is 0 Å². The van der Waals surface area contributed by atoms with Crippen LogP contribution in [0.4, 0.5) is 0 Å². The topological polar surface area (TPSA) is 72.8 Å². The number of carbonyl (C=O) groups excluding carboxylic acids is 2. The molecule has 5 heteroatoms. The van der Waals surface area contributed by atoms with Crippen LogP contribution >= 0.6 is 0 Å². The molecule has 0 aromatic heterocycles. The van der Waals surface area contributed by atoms with Crippen LogP contribution in [-0.2, 0) is 0 Å². The van der Waals surface area contributed by atoms with Crippen molar-refractivity contribution in [2.75, 3.05) is 0 Å². The summed E-state index contributed by atoms with van der Waals surface area (Å²) in [7, 11) is 0. The minimum absolute atomic E-state index is 0.0705. The van der Waals surface area contributed by atoms with Gasteiger partial charge in [0.1, 0.15) is 17.2 Å². The quantitative estimate of drug-likeness (QED) is 0.580. The Labute approximate surface area is 144 Å². The second-order valence-corrected chi connectivity index (χ2v) is 5.16. The standard InChI is InChI=1S/C20H14O5/c21-16-8-6-15(7-9-16)20(23)25-18-12-10-17(11-13-18)24-19(22)14-4-2-1-3-5-14/h1-13,21H. The molecule has 0 amide bonds. The van der Waals surface area contributed by atoms with Crippen LogP contribution in [0.5, 0.6) is 17.2 Å². The van der Waals surface area contributed by atoms with Gasteiger partial charge in [-0.3, -0.25) is 0 Å². The van der Waals surface area contributed by atoms with E-state index < -0.39 is 11.9 Å². The minimum atomic E-state index is -0.547. The fourth-order valence-corrected chi connectivity index (χ4v) is 2.08. The molecule has 3 aromatic rings. The van der Waals surface area contributed by atoms with Crippen molar-refractivity contribution in [1.29, 1.82) is 0 Å². The zero-order valence-corrected chi connectivity index (χ0v) is 13.1. The Kier molecular flexibility index (Phi) is 4.76. The first-order valence-electron chi connectivity index (χ1n) is 7.50. The average molecular weight is 334 g/mol. The van der Waals surface area contributed by atoms with E-state index in [1.54, 1.807) is 36.4 Å². The monoisotopic (exact) mass is 334 g/mol. The second kappa shape index (κ2) is 7.31. The lowest BCUT2D eigenvalue weighted by Crippen LogP contribution is -2.09. The summed E-state index contributed by atoms with van der Waals surface area (Å²) in [6.45, 7) is 0. The zero-order chi connectivity index (χ0) is 17.6. The van der Waals surface area contributed by atoms with E-state index in [0.717, 1.165) is 0 Å². The predicted molar refractivity (Wildman–Crippen MR) is 90.9 cm³/mol. The number of ether oxygens (including phenoxy) is 2. The normalized spacial score (nSPS) is 10.1. The third kappa shape index (κ3) is 4.23. The number of aromatic hydroxyl groups is 1. The first-order chi connectivity index (χ1) is 12.1. The minimum Gasteiger partial charge on any atom is -0.508 e. The fraction of sp³-hybridized carbons (Fsp3) is 0. The summed E-state index contributed by atoms with van der Waals surface area (Å²) in [5.74, 6) is -0.277. The van der Waals surface area contributed by atoms with Crippen LogP contribution in [-0.4, -0.2) is 17.0 Å². The van der Waals surface area contributed by atoms with Gasteiger partial charge in [-0.15, -0.1) is 0 Å². The maximum absolute atomic E-state index is 12.0. The second-order valence-electron chi connectivity index (χ2n) is 5.16. The van der Waals surface area contributed by atoms with E-state index in [-0.39, 0.29) is 5.75 Å². The lowest BCUT2D eigenvalue weighted by molar-refractivity contribution is 0.0719. The highest BCUT2D eigenvalue weighted by Crippen LogP contribution is 2.20. The molecular weight excluding hydrogens is 320 g/mol. The van der Waals surface area contributed by atoms with Gasteiger partial charge in [0.15, 0.2) is 0 Å². The van der Waals surface area contributed by atoms with Gasteiger partial charge < -0.3 is 14.6 Å². The number of phenols is 1. The molecule has 0 saturated carbocycles. The number of benzene rings is 3. The largest absolute Gasteiger partial charge is 0.508 e. The van der Waals surface area contributed by atoms with Crippen molar-refractivity contribution in [3.8, 4) is 17.2 Å². The number of phenolic OH excluding ortho intramolecular Hbond substituents is 1. The molecule has 0 aliphatic rings. The van der Waals surface area contributed by atoms with Gasteiger partial charge in [0.05, 0.1) is 11.1 Å². The molecule has 0 unspecified atom stereocenters. The van der Waals surface area contributed by atoms with Gasteiger partial charge in [0.2, 0.25) is 0 Å². The maximum Gasteiger partial charge on any atom is 0.343 e. The van der Waals surface area contributed by atoms with Crippen LogP contribution in [0, 0.1) is 0 Å². The third-order valence-corrected chi connectivity index (χ3v) is 3.36. The van der Waals surface area contributed by atoms with Crippen molar-refractivity contribution in [1.82, 2.24) is 0 Å². The molecule has 0 aliphatic carbocycles. The Bertz CT molecular complexity index is 868. The van der Waals surface area contributed by atoms with Crippen LogP contribution in [0.2, 0.25) is 0 Å². The summed E-state index contributed by atoms with van der Waals surface area (Å²) < 4.78 is 10.5. The molecular formula is C20H14O5. The summed E-state index contributed by atoms with van der Waals surface area (Å²) in [6.07, 6.45) is 0. The van der Waals surface area contributed by atoms with Crippen LogP contribution in [0.15, 0.2) is 78.9 Å². The van der Waals surface area contributed by atoms with Gasteiger partial charge in [-0.2, -0.15) is 0 Å². The highest BCUT2D eigenvalue weighted by molar-refractivity contribution is 5.91. The van der Waals surface area contributed by atoms with E-state index in [0.29, 0.717) is 22.6 Å². The molecule has 0 heterocycles. The van der Waals surface area contributed by atoms with Gasteiger partial charge in [0, 0.05) is 0 Å². The van der Waals surface area contributed by atoms with Crippen LogP contribution in [0.1, 0.15) is 20.7 Å². The van der Waals surface area contributed by atoms with E-state index in [2.05, 4.69) is 0 Å². The van der Waals surface area contributed by atoms with Crippen molar-refractivity contribution in [3.05, 3.63) is 90.0 Å². The molecule has 25 heavy (non-hydrogen) atoms. The van der Waals surface area contributed by atoms with E-state index in [9.17, 15) is 14.7 Å². The summed E-state index contributed by atoms with van der Waals surface area (Å²) in [4.78, 5) is 23.9. The Hall–Kier alpha value is -3.60. The SMILES string of the molecule is O=C(Oc1ccc(OC(=O)c2ccc(O)cc2)cc1)c1ccccc1. The summed E-state index contributed by atoms with van der Waals surface area (Å²) in [5.41, 5.74) is 0.766. The van der Waals surface area contributed by atoms with Crippen LogP contribution in [0.25, 0.3) is 0 Å². The van der Waals surface area contributed by atoms with E-state index >= 15 is 0 Å². The molecule has 3 rings (SSSR count). The van der Waals surface area contributed by atoms with Gasteiger partial charge >= 0.3 is 11.9 Å². The molecule has 0 aliphatic heterocycles. The molecule has 0 fully saturated rings.